The number of aliphatic carboxylic acids is 1. The molecule has 2 N–H and O–H groups in total. The summed E-state index contributed by atoms with van der Waals surface area (Å²) >= 11 is 0. The summed E-state index contributed by atoms with van der Waals surface area (Å²) in [6.07, 6.45) is 2.89. The molecule has 1 aliphatic carbocycles. The number of nitrogens with zero attached hydrogens (tertiary/aromatic N) is 1. The number of carbonyl (C=O) groups is 2. The molecule has 0 aromatic rings. The van der Waals surface area contributed by atoms with Crippen molar-refractivity contribution in [1.29, 1.82) is 0 Å². The van der Waals surface area contributed by atoms with Gasteiger partial charge in [-0.25, -0.2) is 4.79 Å². The van der Waals surface area contributed by atoms with Crippen LogP contribution in [-0.2, 0) is 4.79 Å². The van der Waals surface area contributed by atoms with Crippen LogP contribution in [0.4, 0.5) is 4.79 Å². The van der Waals surface area contributed by atoms with Crippen molar-refractivity contribution in [2.24, 2.45) is 16.7 Å². The van der Waals surface area contributed by atoms with E-state index in [-0.39, 0.29) is 11.4 Å². The first kappa shape index (κ1) is 14.2. The topological polar surface area (TPSA) is 69.6 Å². The van der Waals surface area contributed by atoms with E-state index in [1.807, 2.05) is 0 Å². The Hall–Kier alpha value is -1.26. The third kappa shape index (κ3) is 2.69. The van der Waals surface area contributed by atoms with Crippen molar-refractivity contribution in [1.82, 2.24) is 10.2 Å². The van der Waals surface area contributed by atoms with Crippen LogP contribution >= 0.6 is 0 Å². The summed E-state index contributed by atoms with van der Waals surface area (Å²) in [6, 6.07) is -0.114. The number of carboxylic acid groups (broad SMARTS) is 1. The van der Waals surface area contributed by atoms with Gasteiger partial charge in [0, 0.05) is 19.6 Å². The fraction of sp³-hybridized carbons (Fsp3) is 0.857. The average Bonchev–Trinajstić information content (AvgIpc) is 3.03. The highest BCUT2D eigenvalue weighted by Gasteiger charge is 2.46. The molecule has 0 aromatic heterocycles. The first-order valence-corrected chi connectivity index (χ1v) is 7.05. The van der Waals surface area contributed by atoms with E-state index in [4.69, 9.17) is 5.11 Å². The van der Waals surface area contributed by atoms with Crippen LogP contribution in [0.15, 0.2) is 0 Å². The maximum Gasteiger partial charge on any atom is 0.317 e. The van der Waals surface area contributed by atoms with Gasteiger partial charge >= 0.3 is 12.0 Å². The Labute approximate surface area is 114 Å². The number of nitrogens with one attached hydrogen (secondary N) is 1. The fourth-order valence-electron chi connectivity index (χ4n) is 2.79. The van der Waals surface area contributed by atoms with Crippen LogP contribution in [0.1, 0.15) is 40.0 Å². The van der Waals surface area contributed by atoms with Gasteiger partial charge in [0.25, 0.3) is 0 Å². The highest BCUT2D eigenvalue weighted by Crippen LogP contribution is 2.51. The Kier molecular flexibility index (Phi) is 3.49. The molecule has 1 unspecified atom stereocenters. The van der Waals surface area contributed by atoms with Crippen molar-refractivity contribution < 1.29 is 14.7 Å². The monoisotopic (exact) mass is 268 g/mol. The number of carbonyl (C=O) groups excluding carboxylic acids is 1. The van der Waals surface area contributed by atoms with Gasteiger partial charge in [0.05, 0.1) is 5.41 Å². The van der Waals surface area contributed by atoms with Crippen LogP contribution in [0.3, 0.4) is 0 Å². The second-order valence-corrected chi connectivity index (χ2v) is 6.71. The summed E-state index contributed by atoms with van der Waals surface area (Å²) < 4.78 is 0. The third-order valence-corrected chi connectivity index (χ3v) is 4.99. The first-order valence-electron chi connectivity index (χ1n) is 7.05. The minimum atomic E-state index is -0.816. The summed E-state index contributed by atoms with van der Waals surface area (Å²) in [5.74, 6) is -0.237. The summed E-state index contributed by atoms with van der Waals surface area (Å²) in [7, 11) is 0. The highest BCUT2D eigenvalue weighted by atomic mass is 16.4. The highest BCUT2D eigenvalue weighted by molar-refractivity contribution is 5.79. The predicted molar refractivity (Wildman–Crippen MR) is 71.8 cm³/mol. The van der Waals surface area contributed by atoms with Crippen molar-refractivity contribution in [3.8, 4) is 0 Å². The Morgan fingerprint density at radius 1 is 1.32 bits per heavy atom. The van der Waals surface area contributed by atoms with Gasteiger partial charge in [-0.05, 0) is 37.5 Å². The quantitative estimate of drug-likeness (QED) is 0.818. The molecule has 2 amide bonds. The molecule has 0 radical (unpaired) electrons. The standard InChI is InChI=1S/C14H24N2O3/c1-10(2)14(4-5-14)8-15-12(19)16-7-6-13(3,9-16)11(17)18/h10H,4-9H2,1-3H3,(H,15,19)(H,17,18). The van der Waals surface area contributed by atoms with Crippen LogP contribution in [0.2, 0.25) is 0 Å². The molecular formula is C14H24N2O3. The first-order chi connectivity index (χ1) is 8.79. The van der Waals surface area contributed by atoms with Crippen molar-refractivity contribution in [3.63, 3.8) is 0 Å². The number of likely N-dealkylation sites (tertiary alicyclic amines) is 1. The Balaban J connectivity index is 1.84. The number of amides is 2. The average molecular weight is 268 g/mol. The van der Waals surface area contributed by atoms with Gasteiger partial charge in [0.15, 0.2) is 0 Å². The number of hydrogen-bond donors (Lipinski definition) is 2. The Morgan fingerprint density at radius 2 is 1.95 bits per heavy atom. The van der Waals surface area contributed by atoms with Gasteiger partial charge in [-0.15, -0.1) is 0 Å². The lowest BCUT2D eigenvalue weighted by Crippen LogP contribution is -2.43. The lowest BCUT2D eigenvalue weighted by atomic mass is 9.90. The summed E-state index contributed by atoms with van der Waals surface area (Å²) in [4.78, 5) is 24.9. The second kappa shape index (κ2) is 4.69. The molecule has 0 bridgehead atoms. The zero-order chi connectivity index (χ0) is 14.3. The van der Waals surface area contributed by atoms with Crippen LogP contribution in [0, 0.1) is 16.7 Å². The Bertz CT molecular complexity index is 390. The van der Waals surface area contributed by atoms with Crippen LogP contribution in [0.25, 0.3) is 0 Å². The zero-order valence-electron chi connectivity index (χ0n) is 12.0. The van der Waals surface area contributed by atoms with Gasteiger partial charge in [0.2, 0.25) is 0 Å². The summed E-state index contributed by atoms with van der Waals surface area (Å²) in [6.45, 7) is 7.64. The van der Waals surface area contributed by atoms with E-state index in [2.05, 4.69) is 19.2 Å². The molecule has 5 nitrogen and oxygen atoms in total. The summed E-state index contributed by atoms with van der Waals surface area (Å²) in [5, 5.41) is 12.1. The molecule has 2 aliphatic rings. The lowest BCUT2D eigenvalue weighted by molar-refractivity contribution is -0.146. The second-order valence-electron chi connectivity index (χ2n) is 6.71. The van der Waals surface area contributed by atoms with Gasteiger partial charge in [0.1, 0.15) is 0 Å². The van der Waals surface area contributed by atoms with E-state index < -0.39 is 11.4 Å². The molecule has 2 fully saturated rings. The van der Waals surface area contributed by atoms with Crippen molar-refractivity contribution in [2.45, 2.75) is 40.0 Å². The smallest absolute Gasteiger partial charge is 0.317 e. The van der Waals surface area contributed by atoms with Crippen molar-refractivity contribution in [2.75, 3.05) is 19.6 Å². The molecule has 5 heteroatoms. The molecule has 108 valence electrons. The van der Waals surface area contributed by atoms with Gasteiger partial charge in [-0.3, -0.25) is 4.79 Å². The normalized spacial score (nSPS) is 28.5. The molecular weight excluding hydrogens is 244 g/mol. The van der Waals surface area contributed by atoms with Crippen molar-refractivity contribution in [3.05, 3.63) is 0 Å². The van der Waals surface area contributed by atoms with Gasteiger partial charge in [-0.1, -0.05) is 13.8 Å². The fourth-order valence-corrected chi connectivity index (χ4v) is 2.79. The molecule has 0 spiro atoms. The molecule has 1 heterocycles. The van der Waals surface area contributed by atoms with E-state index in [0.717, 1.165) is 0 Å². The number of carboxylic acids is 1. The number of urea groups is 1. The van der Waals surface area contributed by atoms with Gasteiger partial charge in [-0.2, -0.15) is 0 Å². The molecule has 1 aliphatic heterocycles. The molecule has 1 atom stereocenters. The van der Waals surface area contributed by atoms with E-state index in [1.165, 1.54) is 12.8 Å². The molecule has 19 heavy (non-hydrogen) atoms. The maximum atomic E-state index is 12.1. The number of rotatable bonds is 4. The van der Waals surface area contributed by atoms with E-state index in [0.29, 0.717) is 32.0 Å². The predicted octanol–water partition coefficient (Wildman–Crippen LogP) is 1.93. The third-order valence-electron chi connectivity index (χ3n) is 4.99. The maximum absolute atomic E-state index is 12.1. The van der Waals surface area contributed by atoms with E-state index >= 15 is 0 Å². The van der Waals surface area contributed by atoms with Crippen LogP contribution < -0.4 is 5.32 Å². The molecule has 0 aromatic carbocycles. The lowest BCUT2D eigenvalue weighted by Gasteiger charge is -2.24. The van der Waals surface area contributed by atoms with Crippen LogP contribution in [-0.4, -0.2) is 41.6 Å². The molecule has 2 rings (SSSR count). The molecule has 1 saturated carbocycles. The minimum Gasteiger partial charge on any atom is -0.481 e. The van der Waals surface area contributed by atoms with Crippen LogP contribution in [0.5, 0.6) is 0 Å². The van der Waals surface area contributed by atoms with Gasteiger partial charge < -0.3 is 15.3 Å². The van der Waals surface area contributed by atoms with E-state index in [1.54, 1.807) is 11.8 Å². The summed E-state index contributed by atoms with van der Waals surface area (Å²) in [5.41, 5.74) is -0.502. The Morgan fingerprint density at radius 3 is 2.37 bits per heavy atom. The van der Waals surface area contributed by atoms with E-state index in [9.17, 15) is 9.59 Å². The number of hydrogen-bond acceptors (Lipinski definition) is 2. The SMILES string of the molecule is CC(C)C1(CNC(=O)N2CCC(C)(C(=O)O)C2)CC1. The molecule has 1 saturated heterocycles. The zero-order valence-corrected chi connectivity index (χ0v) is 12.0. The van der Waals surface area contributed by atoms with Crippen molar-refractivity contribution >= 4 is 12.0 Å². The minimum absolute atomic E-state index is 0.114. The largest absolute Gasteiger partial charge is 0.481 e.